The molecule has 2 heterocycles. The van der Waals surface area contributed by atoms with Gasteiger partial charge in [-0.25, -0.2) is 9.50 Å². The molecule has 0 atom stereocenters. The second-order valence-corrected chi connectivity index (χ2v) is 6.89. The number of nitrogens with one attached hydrogen (secondary N) is 2. The Morgan fingerprint density at radius 3 is 2.58 bits per heavy atom. The number of fused-ring (bicyclic) bond motifs is 1. The molecule has 31 heavy (non-hydrogen) atoms. The van der Waals surface area contributed by atoms with E-state index in [4.69, 9.17) is 0 Å². The number of hydrogen-bond donors (Lipinski definition) is 2. The molecule has 11 heteroatoms. The first kappa shape index (κ1) is 22.2. The highest BCUT2D eigenvalue weighted by Gasteiger charge is 2.37. The minimum atomic E-state index is -4.67. The van der Waals surface area contributed by atoms with Crippen molar-refractivity contribution in [2.24, 2.45) is 0 Å². The lowest BCUT2D eigenvalue weighted by Gasteiger charge is -2.11. The molecule has 8 nitrogen and oxygen atoms in total. The lowest BCUT2D eigenvalue weighted by atomic mass is 10.1. The fraction of sp³-hybridized carbons (Fsp3) is 0.350. The standard InChI is InChI=1S/C20H21F3N6O2/c1-4-24-17(31)13-6-5-7-14(10-13)26-16(30)9-8-15-11(2)25-19-27-18(20(21,22)23)28-29(19)12(15)3/h5-7,10H,4,8-9H2,1-3H3,(H,24,31)(H,26,30). The van der Waals surface area contributed by atoms with Gasteiger partial charge in [0, 0.05) is 35.6 Å². The maximum absolute atomic E-state index is 12.9. The van der Waals surface area contributed by atoms with Gasteiger partial charge in [0.2, 0.25) is 5.91 Å². The van der Waals surface area contributed by atoms with Crippen LogP contribution in [0.2, 0.25) is 0 Å². The summed E-state index contributed by atoms with van der Waals surface area (Å²) in [5, 5.41) is 8.91. The average molecular weight is 434 g/mol. The van der Waals surface area contributed by atoms with Crippen LogP contribution in [0.25, 0.3) is 5.78 Å². The van der Waals surface area contributed by atoms with Crippen molar-refractivity contribution in [3.63, 3.8) is 0 Å². The van der Waals surface area contributed by atoms with Crippen molar-refractivity contribution in [1.82, 2.24) is 24.9 Å². The highest BCUT2D eigenvalue weighted by molar-refractivity contribution is 5.97. The monoisotopic (exact) mass is 434 g/mol. The molecule has 0 aliphatic carbocycles. The summed E-state index contributed by atoms with van der Waals surface area (Å²) in [7, 11) is 0. The topological polar surface area (TPSA) is 101 Å². The lowest BCUT2D eigenvalue weighted by Crippen LogP contribution is -2.22. The van der Waals surface area contributed by atoms with E-state index in [1.165, 1.54) is 0 Å². The minimum absolute atomic E-state index is 0.0705. The molecule has 0 aliphatic rings. The van der Waals surface area contributed by atoms with Crippen molar-refractivity contribution in [2.75, 3.05) is 11.9 Å². The second-order valence-electron chi connectivity index (χ2n) is 6.89. The van der Waals surface area contributed by atoms with E-state index in [0.29, 0.717) is 34.7 Å². The molecule has 0 bridgehead atoms. The molecule has 164 valence electrons. The van der Waals surface area contributed by atoms with Crippen LogP contribution in [0.4, 0.5) is 18.9 Å². The van der Waals surface area contributed by atoms with Gasteiger partial charge in [-0.15, -0.1) is 5.10 Å². The molecule has 2 aromatic heterocycles. The Bertz CT molecular complexity index is 1140. The number of rotatable bonds is 6. The van der Waals surface area contributed by atoms with Gasteiger partial charge in [0.15, 0.2) is 0 Å². The van der Waals surface area contributed by atoms with Crippen LogP contribution in [0.3, 0.4) is 0 Å². The first-order chi connectivity index (χ1) is 14.6. The normalized spacial score (nSPS) is 11.5. The summed E-state index contributed by atoms with van der Waals surface area (Å²) in [6.07, 6.45) is -4.35. The van der Waals surface area contributed by atoms with Gasteiger partial charge in [0.1, 0.15) is 0 Å². The molecule has 1 aromatic carbocycles. The highest BCUT2D eigenvalue weighted by atomic mass is 19.4. The van der Waals surface area contributed by atoms with E-state index < -0.39 is 12.0 Å². The Hall–Kier alpha value is -3.50. The second kappa shape index (κ2) is 8.70. The Labute approximate surface area is 175 Å². The smallest absolute Gasteiger partial charge is 0.352 e. The summed E-state index contributed by atoms with van der Waals surface area (Å²) < 4.78 is 39.7. The number of aryl methyl sites for hydroxylation is 2. The largest absolute Gasteiger partial charge is 0.453 e. The zero-order valence-corrected chi connectivity index (χ0v) is 17.2. The van der Waals surface area contributed by atoms with E-state index in [-0.39, 0.29) is 30.4 Å². The van der Waals surface area contributed by atoms with Gasteiger partial charge in [0.05, 0.1) is 0 Å². The van der Waals surface area contributed by atoms with Crippen molar-refractivity contribution >= 4 is 23.3 Å². The molecule has 0 saturated heterocycles. The summed E-state index contributed by atoms with van der Waals surface area (Å²) in [5.74, 6) is -1.95. The fourth-order valence-electron chi connectivity index (χ4n) is 3.15. The predicted molar refractivity (Wildman–Crippen MR) is 107 cm³/mol. The third kappa shape index (κ3) is 4.98. The van der Waals surface area contributed by atoms with E-state index in [0.717, 1.165) is 4.52 Å². The molecule has 3 aromatic rings. The first-order valence-corrected chi connectivity index (χ1v) is 9.58. The number of benzene rings is 1. The van der Waals surface area contributed by atoms with Gasteiger partial charge in [-0.1, -0.05) is 6.07 Å². The zero-order valence-electron chi connectivity index (χ0n) is 17.2. The van der Waals surface area contributed by atoms with E-state index in [1.807, 2.05) is 6.92 Å². The SMILES string of the molecule is CCNC(=O)c1cccc(NC(=O)CCc2c(C)nc3nc(C(F)(F)F)nn3c2C)c1. The van der Waals surface area contributed by atoms with Gasteiger partial charge in [-0.05, 0) is 51.0 Å². The number of amides is 2. The maximum Gasteiger partial charge on any atom is 0.453 e. The Balaban J connectivity index is 1.73. The van der Waals surface area contributed by atoms with E-state index in [9.17, 15) is 22.8 Å². The van der Waals surface area contributed by atoms with Crippen LogP contribution < -0.4 is 10.6 Å². The van der Waals surface area contributed by atoms with E-state index in [2.05, 4.69) is 25.7 Å². The minimum Gasteiger partial charge on any atom is -0.352 e. The van der Waals surface area contributed by atoms with Crippen molar-refractivity contribution in [3.05, 3.63) is 52.6 Å². The van der Waals surface area contributed by atoms with Gasteiger partial charge in [0.25, 0.3) is 17.5 Å². The molecule has 3 rings (SSSR count). The first-order valence-electron chi connectivity index (χ1n) is 9.58. The van der Waals surface area contributed by atoms with Crippen LogP contribution in [-0.2, 0) is 17.4 Å². The molecular formula is C20H21F3N6O2. The Morgan fingerprint density at radius 1 is 1.16 bits per heavy atom. The van der Waals surface area contributed by atoms with Crippen LogP contribution in [0, 0.1) is 13.8 Å². The van der Waals surface area contributed by atoms with Gasteiger partial charge in [-0.3, -0.25) is 9.59 Å². The predicted octanol–water partition coefficient (Wildman–Crippen LogP) is 3.08. The number of carbonyl (C=O) groups is 2. The van der Waals surface area contributed by atoms with Crippen LogP contribution in [0.1, 0.15) is 46.5 Å². The van der Waals surface area contributed by atoms with Crippen LogP contribution in [0.5, 0.6) is 0 Å². The van der Waals surface area contributed by atoms with Crippen LogP contribution in [-0.4, -0.2) is 37.9 Å². The number of nitrogens with zero attached hydrogens (tertiary/aromatic N) is 4. The summed E-state index contributed by atoms with van der Waals surface area (Å²) >= 11 is 0. The number of hydrogen-bond acceptors (Lipinski definition) is 5. The number of anilines is 1. The molecule has 0 spiro atoms. The number of carbonyl (C=O) groups excluding carboxylic acids is 2. The lowest BCUT2D eigenvalue weighted by molar-refractivity contribution is -0.144. The molecule has 0 radical (unpaired) electrons. The Kier molecular flexibility index (Phi) is 6.23. The molecule has 0 fully saturated rings. The number of alkyl halides is 3. The summed E-state index contributed by atoms with van der Waals surface area (Å²) in [6, 6.07) is 6.54. The Morgan fingerprint density at radius 2 is 1.90 bits per heavy atom. The molecule has 2 amide bonds. The van der Waals surface area contributed by atoms with Gasteiger partial charge < -0.3 is 10.6 Å². The van der Waals surface area contributed by atoms with Crippen LogP contribution >= 0.6 is 0 Å². The number of aromatic nitrogens is 4. The van der Waals surface area contributed by atoms with Gasteiger partial charge in [-0.2, -0.15) is 18.2 Å². The van der Waals surface area contributed by atoms with Crippen molar-refractivity contribution in [2.45, 2.75) is 39.8 Å². The highest BCUT2D eigenvalue weighted by Crippen LogP contribution is 2.27. The van der Waals surface area contributed by atoms with E-state index >= 15 is 0 Å². The molecule has 2 N–H and O–H groups in total. The maximum atomic E-state index is 12.9. The third-order valence-corrected chi connectivity index (χ3v) is 4.65. The van der Waals surface area contributed by atoms with Crippen molar-refractivity contribution in [3.8, 4) is 0 Å². The molecule has 0 aliphatic heterocycles. The summed E-state index contributed by atoms with van der Waals surface area (Å²) in [5.41, 5.74) is 2.44. The van der Waals surface area contributed by atoms with Crippen LogP contribution in [0.15, 0.2) is 24.3 Å². The zero-order chi connectivity index (χ0) is 22.8. The fourth-order valence-corrected chi connectivity index (χ4v) is 3.15. The van der Waals surface area contributed by atoms with Crippen molar-refractivity contribution < 1.29 is 22.8 Å². The molecular weight excluding hydrogens is 413 g/mol. The van der Waals surface area contributed by atoms with Gasteiger partial charge >= 0.3 is 6.18 Å². The van der Waals surface area contributed by atoms with Crippen molar-refractivity contribution in [1.29, 1.82) is 0 Å². The summed E-state index contributed by atoms with van der Waals surface area (Å²) in [4.78, 5) is 31.9. The third-order valence-electron chi connectivity index (χ3n) is 4.65. The molecule has 0 unspecified atom stereocenters. The average Bonchev–Trinajstić information content (AvgIpc) is 3.13. The molecule has 0 saturated carbocycles. The number of halogens is 3. The summed E-state index contributed by atoms with van der Waals surface area (Å²) in [6.45, 7) is 5.56. The quantitative estimate of drug-likeness (QED) is 0.621. The van der Waals surface area contributed by atoms with E-state index in [1.54, 1.807) is 38.1 Å².